The number of anilines is 1. The number of fused-ring (bicyclic) bond motifs is 1. The van der Waals surface area contributed by atoms with E-state index in [9.17, 15) is 8.76 Å². The Morgan fingerprint density at radius 3 is 2.41 bits per heavy atom. The second-order valence-electron chi connectivity index (χ2n) is 8.80. The minimum absolute atomic E-state index is 0.271. The van der Waals surface area contributed by atoms with Crippen LogP contribution in [0.3, 0.4) is 0 Å². The summed E-state index contributed by atoms with van der Waals surface area (Å²) >= 11 is 1.19. The molecule has 3 aromatic rings. The van der Waals surface area contributed by atoms with Gasteiger partial charge >= 0.3 is 0 Å². The van der Waals surface area contributed by atoms with Crippen molar-refractivity contribution in [1.82, 2.24) is 9.55 Å². The Morgan fingerprint density at radius 1 is 1.12 bits per heavy atom. The first-order valence-corrected chi connectivity index (χ1v) is 12.8. The van der Waals surface area contributed by atoms with Crippen molar-refractivity contribution >= 4 is 44.0 Å². The predicted molar refractivity (Wildman–Crippen MR) is 132 cm³/mol. The fourth-order valence-corrected chi connectivity index (χ4v) is 5.88. The summed E-state index contributed by atoms with van der Waals surface area (Å²) in [5, 5.41) is 1.21. The summed E-state index contributed by atoms with van der Waals surface area (Å²) in [6.07, 6.45) is 5.05. The first-order chi connectivity index (χ1) is 15.2. The fraction of sp³-hybridized carbons (Fsp3) is 0.458. The lowest BCUT2D eigenvalue weighted by Crippen LogP contribution is -2.34. The van der Waals surface area contributed by atoms with Gasteiger partial charge in [0.25, 0.3) is 0 Å². The Morgan fingerprint density at radius 2 is 1.78 bits per heavy atom. The number of hydrogen-bond donors (Lipinski definition) is 0. The third kappa shape index (κ3) is 4.78. The number of rotatable bonds is 6. The van der Waals surface area contributed by atoms with Crippen molar-refractivity contribution in [2.75, 3.05) is 24.6 Å². The van der Waals surface area contributed by atoms with E-state index < -0.39 is 11.4 Å². The number of pyridine rings is 1. The average Bonchev–Trinajstić information content (AvgIpc) is 3.03. The molecule has 6 nitrogen and oxygen atoms in total. The number of piperidine rings is 1. The molecule has 0 aliphatic carbocycles. The smallest absolute Gasteiger partial charge is 0.147 e. The van der Waals surface area contributed by atoms with Gasteiger partial charge in [0.15, 0.2) is 0 Å². The minimum atomic E-state index is -2.42. The quantitative estimate of drug-likeness (QED) is 0.406. The van der Waals surface area contributed by atoms with Crippen LogP contribution in [0.5, 0.6) is 0 Å². The van der Waals surface area contributed by atoms with Crippen molar-refractivity contribution in [3.8, 4) is 5.69 Å². The monoisotopic (exact) mass is 518 g/mol. The lowest BCUT2D eigenvalue weighted by molar-refractivity contribution is 0.253. The van der Waals surface area contributed by atoms with Gasteiger partial charge in [-0.05, 0) is 87.8 Å². The van der Waals surface area contributed by atoms with Gasteiger partial charge in [-0.15, -0.1) is 0 Å². The third-order valence-electron chi connectivity index (χ3n) is 6.41. The Bertz CT molecular complexity index is 1150. The number of benzene rings is 1. The predicted octanol–water partition coefficient (Wildman–Crippen LogP) is 5.44. The highest BCUT2D eigenvalue weighted by Gasteiger charge is 2.24. The lowest BCUT2D eigenvalue weighted by atomic mass is 9.93. The van der Waals surface area contributed by atoms with E-state index in [2.05, 4.69) is 77.5 Å². The molecule has 2 aromatic heterocycles. The Labute approximate surface area is 200 Å². The molecule has 0 radical (unpaired) electrons. The van der Waals surface area contributed by atoms with Crippen molar-refractivity contribution in [2.45, 2.75) is 47.0 Å². The molecular formula is C24H29BrN3O3S-. The summed E-state index contributed by atoms with van der Waals surface area (Å²) in [7, 11) is 0. The van der Waals surface area contributed by atoms with Crippen LogP contribution < -0.4 is 4.90 Å². The number of nitrogens with zero attached hydrogens (tertiary/aromatic N) is 3. The topological polar surface area (TPSA) is 70.4 Å². The minimum Gasteiger partial charge on any atom is -0.750 e. The van der Waals surface area contributed by atoms with Crippen LogP contribution in [0, 0.1) is 33.6 Å². The summed E-state index contributed by atoms with van der Waals surface area (Å²) in [4.78, 5) is 7.41. The lowest BCUT2D eigenvalue weighted by Gasteiger charge is -2.34. The molecule has 8 heteroatoms. The van der Waals surface area contributed by atoms with Crippen LogP contribution in [0.2, 0.25) is 0 Å². The zero-order chi connectivity index (χ0) is 23.0. The first-order valence-electron chi connectivity index (χ1n) is 11.0. The fourth-order valence-electron chi connectivity index (χ4n) is 4.96. The molecule has 4 rings (SSSR count). The second kappa shape index (κ2) is 9.63. The molecule has 0 saturated carbocycles. The maximum atomic E-state index is 10.6. The molecule has 1 aliphatic rings. The van der Waals surface area contributed by atoms with Crippen molar-refractivity contribution in [2.24, 2.45) is 5.92 Å². The van der Waals surface area contributed by atoms with E-state index in [1.807, 2.05) is 0 Å². The largest absolute Gasteiger partial charge is 0.750 e. The zero-order valence-electron chi connectivity index (χ0n) is 19.0. The summed E-state index contributed by atoms with van der Waals surface area (Å²) in [5.41, 5.74) is 8.07. The van der Waals surface area contributed by atoms with Gasteiger partial charge in [-0.25, -0.2) is 9.19 Å². The van der Waals surface area contributed by atoms with Crippen LogP contribution in [0.15, 0.2) is 28.9 Å². The van der Waals surface area contributed by atoms with E-state index in [0.29, 0.717) is 5.92 Å². The van der Waals surface area contributed by atoms with Crippen molar-refractivity contribution in [1.29, 1.82) is 0 Å². The molecule has 0 N–H and O–H groups in total. The van der Waals surface area contributed by atoms with Crippen molar-refractivity contribution in [3.05, 3.63) is 51.3 Å². The Hall–Kier alpha value is -1.74. The number of hydrogen-bond acceptors (Lipinski definition) is 5. The van der Waals surface area contributed by atoms with E-state index in [-0.39, 0.29) is 6.61 Å². The number of aromatic nitrogens is 2. The molecule has 1 atom stereocenters. The number of aryl methyl sites for hydroxylation is 4. The maximum absolute atomic E-state index is 10.6. The van der Waals surface area contributed by atoms with E-state index >= 15 is 0 Å². The highest BCUT2D eigenvalue weighted by Crippen LogP contribution is 2.36. The SMILES string of the molecule is Cc1cc(N2CCC(CCOS(=O)[O-])CC2)c2c(C)cn(-c3c(C)cc(Br)cc3C)c2n1. The van der Waals surface area contributed by atoms with Crippen LogP contribution >= 0.6 is 15.9 Å². The van der Waals surface area contributed by atoms with Gasteiger partial charge in [0.2, 0.25) is 0 Å². The molecule has 1 fully saturated rings. The van der Waals surface area contributed by atoms with Gasteiger partial charge in [0.05, 0.1) is 23.7 Å². The van der Waals surface area contributed by atoms with Gasteiger partial charge in [-0.1, -0.05) is 15.9 Å². The molecule has 0 spiro atoms. The standard InChI is InChI=1S/C24H30BrN3O3S/c1-15-11-20(25)12-16(2)23(15)28-14-17(3)22-21(13-18(4)26-24(22)28)27-8-5-19(6-9-27)7-10-31-32(29)30/h11-14,19H,5-10H2,1-4H3,(H,29,30)/p-1. The van der Waals surface area contributed by atoms with Gasteiger partial charge in [-0.3, -0.25) is 0 Å². The Balaban J connectivity index is 1.66. The average molecular weight is 519 g/mol. The van der Waals surface area contributed by atoms with Crippen LogP contribution in [-0.2, 0) is 15.5 Å². The highest BCUT2D eigenvalue weighted by atomic mass is 79.9. The van der Waals surface area contributed by atoms with Crippen LogP contribution in [0.1, 0.15) is 41.6 Å². The highest BCUT2D eigenvalue weighted by molar-refractivity contribution is 9.10. The van der Waals surface area contributed by atoms with Gasteiger partial charge in [0.1, 0.15) is 5.65 Å². The third-order valence-corrected chi connectivity index (χ3v) is 7.23. The molecule has 1 unspecified atom stereocenters. The molecule has 1 aromatic carbocycles. The molecule has 0 bridgehead atoms. The zero-order valence-corrected chi connectivity index (χ0v) is 21.4. The second-order valence-corrected chi connectivity index (χ2v) is 10.4. The molecule has 32 heavy (non-hydrogen) atoms. The van der Waals surface area contributed by atoms with E-state index in [1.54, 1.807) is 0 Å². The normalized spacial score (nSPS) is 16.1. The summed E-state index contributed by atoms with van der Waals surface area (Å²) in [6, 6.07) is 6.50. The molecular weight excluding hydrogens is 490 g/mol. The molecule has 172 valence electrons. The molecule has 1 aliphatic heterocycles. The first kappa shape index (κ1) is 23.4. The van der Waals surface area contributed by atoms with E-state index in [4.69, 9.17) is 9.17 Å². The van der Waals surface area contributed by atoms with Gasteiger partial charge in [-0.2, -0.15) is 0 Å². The molecule has 3 heterocycles. The van der Waals surface area contributed by atoms with Gasteiger partial charge in [0, 0.05) is 40.5 Å². The van der Waals surface area contributed by atoms with Crippen LogP contribution in [0.25, 0.3) is 16.7 Å². The van der Waals surface area contributed by atoms with Gasteiger partial charge < -0.3 is 18.2 Å². The van der Waals surface area contributed by atoms with Crippen molar-refractivity contribution in [3.63, 3.8) is 0 Å². The van der Waals surface area contributed by atoms with Crippen molar-refractivity contribution < 1.29 is 12.9 Å². The number of halogens is 1. The molecule has 0 amide bonds. The maximum Gasteiger partial charge on any atom is 0.147 e. The molecule has 1 saturated heterocycles. The Kier molecular flexibility index (Phi) is 7.05. The van der Waals surface area contributed by atoms with Crippen LogP contribution in [-0.4, -0.2) is 38.0 Å². The summed E-state index contributed by atoms with van der Waals surface area (Å²) in [6.45, 7) is 10.7. The summed E-state index contributed by atoms with van der Waals surface area (Å²) in [5.74, 6) is 0.493. The van der Waals surface area contributed by atoms with E-state index in [1.165, 1.54) is 33.5 Å². The van der Waals surface area contributed by atoms with Crippen LogP contribution in [0.4, 0.5) is 5.69 Å². The summed E-state index contributed by atoms with van der Waals surface area (Å²) < 4.78 is 29.2. The van der Waals surface area contributed by atoms with E-state index in [0.717, 1.165) is 48.2 Å².